The minimum atomic E-state index is -2.25. The smallest absolute Gasteiger partial charge is 0.418 e. The van der Waals surface area contributed by atoms with Gasteiger partial charge in [0.05, 0.1) is 0 Å². The number of hydrogen-bond donors (Lipinski definition) is 1. The zero-order valence-electron chi connectivity index (χ0n) is 33.0. The molecule has 1 unspecified atom stereocenters. The van der Waals surface area contributed by atoms with Crippen LogP contribution in [0.3, 0.4) is 0 Å². The third-order valence-electron chi connectivity index (χ3n) is 9.25. The van der Waals surface area contributed by atoms with Crippen molar-refractivity contribution in [3.8, 4) is 22.6 Å². The molecule has 1 N–H and O–H groups in total. The number of aryl methyl sites for hydroxylation is 2. The number of rotatable bonds is 13. The Hall–Kier alpha value is -2.35. The fourth-order valence-electron chi connectivity index (χ4n) is 6.73. The lowest BCUT2D eigenvalue weighted by molar-refractivity contribution is 0.368. The van der Waals surface area contributed by atoms with Crippen LogP contribution in [0.4, 0.5) is 0 Å². The van der Waals surface area contributed by atoms with Crippen molar-refractivity contribution in [2.45, 2.75) is 170 Å². The van der Waals surface area contributed by atoms with Gasteiger partial charge in [-0.05, 0) is 75.3 Å². The summed E-state index contributed by atoms with van der Waals surface area (Å²) in [4.78, 5) is 11.6. The summed E-state index contributed by atoms with van der Waals surface area (Å²) in [6, 6.07) is 17.4. The molecule has 1 atom stereocenters. The molecule has 0 saturated carbocycles. The van der Waals surface area contributed by atoms with Crippen molar-refractivity contribution in [1.82, 2.24) is 0 Å². The minimum absolute atomic E-state index is 0.0772. The molecule has 0 aliphatic rings. The summed E-state index contributed by atoms with van der Waals surface area (Å²) in [5.41, 5.74) is 9.02. The van der Waals surface area contributed by atoms with Crippen LogP contribution in [0, 0.1) is 6.92 Å². The van der Waals surface area contributed by atoms with E-state index < -0.39 is 8.60 Å². The molecule has 0 radical (unpaired) electrons. The average molecular weight is 675 g/mol. The van der Waals surface area contributed by atoms with Crippen LogP contribution in [0.2, 0.25) is 0 Å². The molecule has 3 aromatic carbocycles. The lowest BCUT2D eigenvalue weighted by atomic mass is 9.69. The Morgan fingerprint density at radius 1 is 0.604 bits per heavy atom. The van der Waals surface area contributed by atoms with Crippen LogP contribution in [0.25, 0.3) is 11.1 Å². The lowest BCUT2D eigenvalue weighted by Crippen LogP contribution is -2.23. The normalized spacial score (nSPS) is 13.5. The van der Waals surface area contributed by atoms with Gasteiger partial charge in [0.1, 0.15) is 11.5 Å². The molecular weight excluding hydrogens is 607 g/mol. The minimum Gasteiger partial charge on any atom is -0.418 e. The Kier molecular flexibility index (Phi) is 13.5. The van der Waals surface area contributed by atoms with Gasteiger partial charge in [-0.15, -0.1) is 0 Å². The number of benzene rings is 3. The maximum atomic E-state index is 11.6. The molecule has 3 rings (SSSR count). The van der Waals surface area contributed by atoms with E-state index in [0.717, 1.165) is 35.3 Å². The number of hydrogen-bond acceptors (Lipinski definition) is 3. The maximum Gasteiger partial charge on any atom is 0.460 e. The summed E-state index contributed by atoms with van der Waals surface area (Å²) < 4.78 is 13.0. The SMILES string of the molecule is CCCCCCCCCc1ccccc1OP(O)Oc1c(C(C)(C)C)ccc(-c2c(C(C)(C)C)cc(C)cc2C(C)(C)C)c1C(C)(C)C. The Bertz CT molecular complexity index is 1460. The predicted octanol–water partition coefficient (Wildman–Crippen LogP) is 13.8. The van der Waals surface area contributed by atoms with Gasteiger partial charge in [-0.3, -0.25) is 0 Å². The van der Waals surface area contributed by atoms with Crippen LogP contribution in [-0.2, 0) is 28.1 Å². The van der Waals surface area contributed by atoms with Gasteiger partial charge in [-0.25, -0.2) is 0 Å². The van der Waals surface area contributed by atoms with Gasteiger partial charge in [0.25, 0.3) is 0 Å². The maximum absolute atomic E-state index is 11.6. The summed E-state index contributed by atoms with van der Waals surface area (Å²) in [5, 5.41) is 0. The zero-order chi connectivity index (χ0) is 36.1. The highest BCUT2D eigenvalue weighted by Gasteiger charge is 2.35. The van der Waals surface area contributed by atoms with E-state index in [2.05, 4.69) is 133 Å². The Morgan fingerprint density at radius 3 is 1.65 bits per heavy atom. The first-order chi connectivity index (χ1) is 22.2. The second-order valence-electron chi connectivity index (χ2n) is 18.0. The molecule has 0 aliphatic carbocycles. The van der Waals surface area contributed by atoms with Crippen molar-refractivity contribution < 1.29 is 13.9 Å². The van der Waals surface area contributed by atoms with Gasteiger partial charge in [0.15, 0.2) is 0 Å². The quantitative estimate of drug-likeness (QED) is 0.145. The highest BCUT2D eigenvalue weighted by Crippen LogP contribution is 2.52. The fraction of sp³-hybridized carbons (Fsp3) is 0.591. The highest BCUT2D eigenvalue weighted by molar-refractivity contribution is 7.41. The summed E-state index contributed by atoms with van der Waals surface area (Å²) in [6.07, 6.45) is 9.78. The molecule has 0 aliphatic heterocycles. The van der Waals surface area contributed by atoms with Crippen LogP contribution >= 0.6 is 8.60 Å². The first-order valence-electron chi connectivity index (χ1n) is 18.4. The number of unbranched alkanes of at least 4 members (excludes halogenated alkanes) is 6. The van der Waals surface area contributed by atoms with Crippen molar-refractivity contribution in [2.24, 2.45) is 0 Å². The van der Waals surface area contributed by atoms with Crippen molar-refractivity contribution in [3.63, 3.8) is 0 Å². The van der Waals surface area contributed by atoms with Gasteiger partial charge in [0.2, 0.25) is 0 Å². The Balaban J connectivity index is 2.14. The highest BCUT2D eigenvalue weighted by atomic mass is 31.2. The van der Waals surface area contributed by atoms with Gasteiger partial charge in [-0.1, -0.05) is 177 Å². The summed E-state index contributed by atoms with van der Waals surface area (Å²) in [6.45, 7) is 31.7. The third-order valence-corrected chi connectivity index (χ3v) is 9.94. The molecule has 266 valence electrons. The lowest BCUT2D eigenvalue weighted by Gasteiger charge is -2.36. The summed E-state index contributed by atoms with van der Waals surface area (Å²) in [7, 11) is -2.25. The van der Waals surface area contributed by atoms with Crippen molar-refractivity contribution >= 4 is 8.60 Å². The van der Waals surface area contributed by atoms with Gasteiger partial charge >= 0.3 is 8.60 Å². The van der Waals surface area contributed by atoms with Crippen LogP contribution in [0.1, 0.15) is 168 Å². The van der Waals surface area contributed by atoms with Crippen LogP contribution in [-0.4, -0.2) is 4.89 Å². The van der Waals surface area contributed by atoms with E-state index in [1.807, 2.05) is 12.1 Å². The van der Waals surface area contributed by atoms with Gasteiger partial charge in [0, 0.05) is 11.1 Å². The zero-order valence-corrected chi connectivity index (χ0v) is 33.9. The predicted molar refractivity (Wildman–Crippen MR) is 210 cm³/mol. The molecule has 0 aromatic heterocycles. The van der Waals surface area contributed by atoms with E-state index in [-0.39, 0.29) is 21.7 Å². The largest absolute Gasteiger partial charge is 0.460 e. The fourth-order valence-corrected chi connectivity index (χ4v) is 7.46. The van der Waals surface area contributed by atoms with E-state index in [4.69, 9.17) is 9.05 Å². The molecule has 0 saturated heterocycles. The molecule has 0 spiro atoms. The van der Waals surface area contributed by atoms with Crippen LogP contribution in [0.5, 0.6) is 11.5 Å². The van der Waals surface area contributed by atoms with Crippen molar-refractivity contribution in [2.75, 3.05) is 0 Å². The Labute approximate surface area is 296 Å². The van der Waals surface area contributed by atoms with E-state index in [0.29, 0.717) is 5.75 Å². The monoisotopic (exact) mass is 674 g/mol. The second-order valence-corrected chi connectivity index (χ2v) is 18.8. The molecule has 48 heavy (non-hydrogen) atoms. The third kappa shape index (κ3) is 10.6. The van der Waals surface area contributed by atoms with E-state index >= 15 is 0 Å². The molecule has 4 heteroatoms. The summed E-state index contributed by atoms with van der Waals surface area (Å²) >= 11 is 0. The number of para-hydroxylation sites is 1. The molecule has 0 fully saturated rings. The average Bonchev–Trinajstić information content (AvgIpc) is 2.94. The molecule has 0 heterocycles. The van der Waals surface area contributed by atoms with Gasteiger partial charge < -0.3 is 13.9 Å². The molecule has 3 aromatic rings. The van der Waals surface area contributed by atoms with Crippen LogP contribution in [0.15, 0.2) is 48.5 Å². The van der Waals surface area contributed by atoms with Crippen LogP contribution < -0.4 is 9.05 Å². The van der Waals surface area contributed by atoms with E-state index in [9.17, 15) is 4.89 Å². The van der Waals surface area contributed by atoms with E-state index in [1.165, 1.54) is 66.3 Å². The first-order valence-corrected chi connectivity index (χ1v) is 19.6. The second kappa shape index (κ2) is 16.1. The molecule has 0 amide bonds. The summed E-state index contributed by atoms with van der Waals surface area (Å²) in [5.74, 6) is 1.46. The molecule has 0 bridgehead atoms. The topological polar surface area (TPSA) is 38.7 Å². The standard InChI is InChI=1S/C44H67O3P/c1-15-16-17-18-19-20-21-24-32-25-22-23-26-37(32)46-48(45)47-40-34(41(3,4)5)28-27-33(39(40)44(12,13)14)38-35(42(6,7)8)29-31(2)30-36(38)43(9,10)11/h22-23,25-30,45H,15-21,24H2,1-14H3. The van der Waals surface area contributed by atoms with E-state index in [1.54, 1.807) is 0 Å². The first kappa shape index (κ1) is 40.1. The van der Waals surface area contributed by atoms with Crippen molar-refractivity contribution in [1.29, 1.82) is 0 Å². The van der Waals surface area contributed by atoms with Gasteiger partial charge in [-0.2, -0.15) is 0 Å². The van der Waals surface area contributed by atoms with Crippen molar-refractivity contribution in [3.05, 3.63) is 81.9 Å². The molecule has 3 nitrogen and oxygen atoms in total. The molecular formula is C44H67O3P. The Morgan fingerprint density at radius 2 is 1.12 bits per heavy atom.